The topological polar surface area (TPSA) is 55.1 Å². The smallest absolute Gasteiger partial charge is 0.261 e. The summed E-state index contributed by atoms with van der Waals surface area (Å²) in [4.78, 5) is 13.1. The number of carbonyl (C=O) groups excluding carboxylic acids is 1. The van der Waals surface area contributed by atoms with Crippen molar-refractivity contribution in [3.63, 3.8) is 0 Å². The van der Waals surface area contributed by atoms with Crippen LogP contribution in [-0.4, -0.2) is 11.1 Å². The molecule has 1 N–H and O–H groups in total. The molecule has 4 rings (SSSR count). The van der Waals surface area contributed by atoms with E-state index in [1.807, 2.05) is 84.9 Å². The standard InChI is InChI=1S/C23H18N2O2/c1-16-21(22(25-27-16)18-12-6-3-7-13-18)23(26)24-20-15-9-8-14-19(20)17-10-4-2-5-11-17/h2-15H,1H3,(H,24,26). The first-order valence-corrected chi connectivity index (χ1v) is 8.71. The highest BCUT2D eigenvalue weighted by Gasteiger charge is 2.22. The molecule has 4 aromatic rings. The molecular formula is C23H18N2O2. The molecule has 4 heteroatoms. The second-order valence-electron chi connectivity index (χ2n) is 6.19. The van der Waals surface area contributed by atoms with Gasteiger partial charge in [0.25, 0.3) is 5.91 Å². The van der Waals surface area contributed by atoms with Gasteiger partial charge in [0.15, 0.2) is 0 Å². The number of amides is 1. The average molecular weight is 354 g/mol. The molecule has 0 atom stereocenters. The van der Waals surface area contributed by atoms with E-state index >= 15 is 0 Å². The summed E-state index contributed by atoms with van der Waals surface area (Å²) < 4.78 is 5.31. The normalized spacial score (nSPS) is 10.6. The van der Waals surface area contributed by atoms with Crippen LogP contribution in [0.3, 0.4) is 0 Å². The zero-order chi connectivity index (χ0) is 18.6. The third-order valence-electron chi connectivity index (χ3n) is 4.40. The zero-order valence-corrected chi connectivity index (χ0v) is 14.8. The SMILES string of the molecule is Cc1onc(-c2ccccc2)c1C(=O)Nc1ccccc1-c1ccccc1. The molecule has 0 unspecified atom stereocenters. The Morgan fingerprint density at radius 1 is 0.815 bits per heavy atom. The van der Waals surface area contributed by atoms with Crippen LogP contribution in [0.1, 0.15) is 16.1 Å². The Balaban J connectivity index is 1.70. The van der Waals surface area contributed by atoms with Gasteiger partial charge < -0.3 is 9.84 Å². The van der Waals surface area contributed by atoms with Crippen molar-refractivity contribution in [3.8, 4) is 22.4 Å². The van der Waals surface area contributed by atoms with Gasteiger partial charge in [-0.05, 0) is 18.6 Å². The number of hydrogen-bond donors (Lipinski definition) is 1. The van der Waals surface area contributed by atoms with E-state index in [0.29, 0.717) is 17.0 Å². The molecular weight excluding hydrogens is 336 g/mol. The highest BCUT2D eigenvalue weighted by Crippen LogP contribution is 2.30. The molecule has 0 aliphatic carbocycles. The first kappa shape index (κ1) is 16.8. The number of hydrogen-bond acceptors (Lipinski definition) is 3. The van der Waals surface area contributed by atoms with Gasteiger partial charge in [0.05, 0.1) is 0 Å². The number of anilines is 1. The monoisotopic (exact) mass is 354 g/mol. The maximum atomic E-state index is 13.1. The van der Waals surface area contributed by atoms with Crippen molar-refractivity contribution in [1.29, 1.82) is 0 Å². The molecule has 0 saturated heterocycles. The van der Waals surface area contributed by atoms with Crippen molar-refractivity contribution < 1.29 is 9.32 Å². The quantitative estimate of drug-likeness (QED) is 0.521. The lowest BCUT2D eigenvalue weighted by Gasteiger charge is -2.11. The Hall–Kier alpha value is -3.66. The summed E-state index contributed by atoms with van der Waals surface area (Å²) in [6, 6.07) is 27.3. The molecule has 0 fully saturated rings. The van der Waals surface area contributed by atoms with Gasteiger partial charge >= 0.3 is 0 Å². The van der Waals surface area contributed by atoms with E-state index in [2.05, 4.69) is 10.5 Å². The lowest BCUT2D eigenvalue weighted by molar-refractivity contribution is 0.102. The Morgan fingerprint density at radius 2 is 1.41 bits per heavy atom. The van der Waals surface area contributed by atoms with E-state index in [-0.39, 0.29) is 5.91 Å². The van der Waals surface area contributed by atoms with Crippen LogP contribution in [0.5, 0.6) is 0 Å². The van der Waals surface area contributed by atoms with Gasteiger partial charge in [0, 0.05) is 16.8 Å². The maximum Gasteiger partial charge on any atom is 0.261 e. The molecule has 0 spiro atoms. The number of rotatable bonds is 4. The van der Waals surface area contributed by atoms with Crippen LogP contribution in [-0.2, 0) is 0 Å². The summed E-state index contributed by atoms with van der Waals surface area (Å²) in [6.07, 6.45) is 0. The van der Waals surface area contributed by atoms with Crippen molar-refractivity contribution in [1.82, 2.24) is 5.16 Å². The van der Waals surface area contributed by atoms with E-state index in [9.17, 15) is 4.79 Å². The van der Waals surface area contributed by atoms with Gasteiger partial charge in [0.2, 0.25) is 0 Å². The zero-order valence-electron chi connectivity index (χ0n) is 14.8. The van der Waals surface area contributed by atoms with Gasteiger partial charge in [-0.2, -0.15) is 0 Å². The number of nitrogens with zero attached hydrogens (tertiary/aromatic N) is 1. The minimum atomic E-state index is -0.240. The van der Waals surface area contributed by atoms with E-state index in [1.165, 1.54) is 0 Å². The van der Waals surface area contributed by atoms with Gasteiger partial charge in [-0.25, -0.2) is 0 Å². The molecule has 27 heavy (non-hydrogen) atoms. The van der Waals surface area contributed by atoms with Crippen molar-refractivity contribution in [2.75, 3.05) is 5.32 Å². The first-order chi connectivity index (χ1) is 13.2. The molecule has 0 radical (unpaired) electrons. The summed E-state index contributed by atoms with van der Waals surface area (Å²) >= 11 is 0. The van der Waals surface area contributed by atoms with Crippen LogP contribution in [0.25, 0.3) is 22.4 Å². The molecule has 1 amide bonds. The minimum Gasteiger partial charge on any atom is -0.360 e. The molecule has 132 valence electrons. The summed E-state index contributed by atoms with van der Waals surface area (Å²) in [7, 11) is 0. The Kier molecular flexibility index (Phi) is 4.54. The minimum absolute atomic E-state index is 0.240. The number of carbonyl (C=O) groups is 1. The predicted molar refractivity (Wildman–Crippen MR) is 107 cm³/mol. The van der Waals surface area contributed by atoms with Crippen molar-refractivity contribution in [3.05, 3.63) is 96.3 Å². The van der Waals surface area contributed by atoms with Crippen LogP contribution < -0.4 is 5.32 Å². The molecule has 1 heterocycles. The van der Waals surface area contributed by atoms with Gasteiger partial charge in [-0.15, -0.1) is 0 Å². The molecule has 0 aliphatic heterocycles. The molecule has 0 saturated carbocycles. The van der Waals surface area contributed by atoms with E-state index in [1.54, 1.807) is 6.92 Å². The van der Waals surface area contributed by atoms with Crippen LogP contribution in [0, 0.1) is 6.92 Å². The fourth-order valence-electron chi connectivity index (χ4n) is 3.08. The Bertz CT molecular complexity index is 1070. The summed E-state index contributed by atoms with van der Waals surface area (Å²) in [6.45, 7) is 1.75. The number of aryl methyl sites for hydroxylation is 1. The molecule has 0 aliphatic rings. The second-order valence-corrected chi connectivity index (χ2v) is 6.19. The van der Waals surface area contributed by atoms with Crippen molar-refractivity contribution in [2.45, 2.75) is 6.92 Å². The Morgan fingerprint density at radius 3 is 2.11 bits per heavy atom. The van der Waals surface area contributed by atoms with Gasteiger partial charge in [0.1, 0.15) is 17.0 Å². The fraction of sp³-hybridized carbons (Fsp3) is 0.0435. The molecule has 3 aromatic carbocycles. The lowest BCUT2D eigenvalue weighted by Crippen LogP contribution is -2.14. The average Bonchev–Trinajstić information content (AvgIpc) is 3.11. The number of aromatic nitrogens is 1. The van der Waals surface area contributed by atoms with E-state index in [0.717, 1.165) is 22.4 Å². The molecule has 1 aromatic heterocycles. The fourth-order valence-corrected chi connectivity index (χ4v) is 3.08. The summed E-state index contributed by atoms with van der Waals surface area (Å²) in [5.74, 6) is 0.250. The number of nitrogens with one attached hydrogen (secondary N) is 1. The summed E-state index contributed by atoms with van der Waals surface area (Å²) in [5.41, 5.74) is 4.58. The van der Waals surface area contributed by atoms with Gasteiger partial charge in [-0.3, -0.25) is 4.79 Å². The number of benzene rings is 3. The lowest BCUT2D eigenvalue weighted by atomic mass is 10.0. The van der Waals surface area contributed by atoms with Crippen LogP contribution in [0.4, 0.5) is 5.69 Å². The van der Waals surface area contributed by atoms with E-state index < -0.39 is 0 Å². The molecule has 0 bridgehead atoms. The van der Waals surface area contributed by atoms with Crippen LogP contribution >= 0.6 is 0 Å². The maximum absolute atomic E-state index is 13.1. The summed E-state index contributed by atoms with van der Waals surface area (Å²) in [5, 5.41) is 7.12. The Labute approximate surface area is 157 Å². The third kappa shape index (κ3) is 3.37. The second kappa shape index (κ2) is 7.30. The van der Waals surface area contributed by atoms with Crippen LogP contribution in [0.15, 0.2) is 89.5 Å². The van der Waals surface area contributed by atoms with Gasteiger partial charge in [-0.1, -0.05) is 84.0 Å². The highest BCUT2D eigenvalue weighted by molar-refractivity contribution is 6.10. The first-order valence-electron chi connectivity index (χ1n) is 8.71. The molecule has 4 nitrogen and oxygen atoms in total. The van der Waals surface area contributed by atoms with Crippen molar-refractivity contribution in [2.24, 2.45) is 0 Å². The van der Waals surface area contributed by atoms with E-state index in [4.69, 9.17) is 4.52 Å². The van der Waals surface area contributed by atoms with Crippen molar-refractivity contribution >= 4 is 11.6 Å². The third-order valence-corrected chi connectivity index (χ3v) is 4.40. The van der Waals surface area contributed by atoms with Crippen LogP contribution in [0.2, 0.25) is 0 Å². The predicted octanol–water partition coefficient (Wildman–Crippen LogP) is 5.57. The largest absolute Gasteiger partial charge is 0.360 e. The number of para-hydroxylation sites is 1. The highest BCUT2D eigenvalue weighted by atomic mass is 16.5.